The topological polar surface area (TPSA) is 75.9 Å². The van der Waals surface area contributed by atoms with Crippen LogP contribution in [0.25, 0.3) is 11.2 Å². The van der Waals surface area contributed by atoms with E-state index in [9.17, 15) is 9.59 Å². The quantitative estimate of drug-likeness (QED) is 0.744. The highest BCUT2D eigenvalue weighted by atomic mass is 16.2. The van der Waals surface area contributed by atoms with Crippen LogP contribution in [-0.2, 0) is 33.5 Å². The number of H-pyrrole nitrogens is 1. The molecular weight excluding hydrogens is 330 g/mol. The number of aryl methyl sites for hydroxylation is 2. The van der Waals surface area contributed by atoms with E-state index in [2.05, 4.69) is 39.1 Å². The number of fused-ring (bicyclic) bond motifs is 2. The Hall–Kier alpha value is -2.67. The summed E-state index contributed by atoms with van der Waals surface area (Å²) >= 11 is 0. The maximum Gasteiger partial charge on any atom is 0.332 e. The highest BCUT2D eigenvalue weighted by Crippen LogP contribution is 2.17. The molecule has 1 aliphatic rings. The van der Waals surface area contributed by atoms with Crippen molar-refractivity contribution >= 4 is 11.2 Å². The first-order valence-corrected chi connectivity index (χ1v) is 8.98. The van der Waals surface area contributed by atoms with Crippen molar-refractivity contribution in [3.63, 3.8) is 0 Å². The predicted octanol–water partition coefficient (Wildman–Crippen LogP) is 0.951. The van der Waals surface area contributed by atoms with E-state index in [-0.39, 0.29) is 11.2 Å². The van der Waals surface area contributed by atoms with E-state index in [4.69, 9.17) is 0 Å². The van der Waals surface area contributed by atoms with Crippen molar-refractivity contribution in [3.05, 3.63) is 62.1 Å². The Kier molecular flexibility index (Phi) is 4.24. The summed E-state index contributed by atoms with van der Waals surface area (Å²) in [4.78, 5) is 34.4. The Bertz CT molecular complexity index is 1080. The fraction of sp³-hybridized carbons (Fsp3) is 0.421. The summed E-state index contributed by atoms with van der Waals surface area (Å²) in [5, 5.41) is 0. The maximum atomic E-state index is 12.3. The number of imidazole rings is 1. The molecule has 0 atom stereocenters. The largest absolute Gasteiger partial charge is 0.335 e. The average molecular weight is 353 g/mol. The van der Waals surface area contributed by atoms with E-state index in [1.807, 2.05) is 0 Å². The molecular formula is C19H23N5O2. The third-order valence-corrected chi connectivity index (χ3v) is 5.25. The van der Waals surface area contributed by atoms with Gasteiger partial charge in [-0.25, -0.2) is 9.78 Å². The first-order valence-electron chi connectivity index (χ1n) is 8.98. The van der Waals surface area contributed by atoms with Crippen LogP contribution in [0.2, 0.25) is 0 Å². The van der Waals surface area contributed by atoms with Crippen molar-refractivity contribution in [2.45, 2.75) is 25.8 Å². The van der Waals surface area contributed by atoms with Crippen molar-refractivity contribution in [2.24, 2.45) is 14.1 Å². The lowest BCUT2D eigenvalue weighted by atomic mass is 9.98. The Morgan fingerprint density at radius 2 is 1.77 bits per heavy atom. The van der Waals surface area contributed by atoms with E-state index in [0.29, 0.717) is 17.7 Å². The molecule has 3 heterocycles. The highest BCUT2D eigenvalue weighted by molar-refractivity contribution is 5.69. The van der Waals surface area contributed by atoms with Crippen molar-refractivity contribution in [1.29, 1.82) is 0 Å². The number of aromatic amines is 1. The predicted molar refractivity (Wildman–Crippen MR) is 100 cm³/mol. The Morgan fingerprint density at radius 1 is 1.04 bits per heavy atom. The second kappa shape index (κ2) is 6.57. The molecule has 0 amide bonds. The molecule has 0 radical (unpaired) electrons. The number of nitrogens with zero attached hydrogens (tertiary/aromatic N) is 4. The first kappa shape index (κ1) is 16.8. The van der Waals surface area contributed by atoms with Crippen LogP contribution in [0.1, 0.15) is 23.4 Å². The van der Waals surface area contributed by atoms with Gasteiger partial charge in [0.1, 0.15) is 11.3 Å². The van der Waals surface area contributed by atoms with Gasteiger partial charge >= 0.3 is 5.69 Å². The smallest absolute Gasteiger partial charge is 0.332 e. The zero-order chi connectivity index (χ0) is 18.3. The summed E-state index contributed by atoms with van der Waals surface area (Å²) in [6, 6.07) is 8.64. The van der Waals surface area contributed by atoms with Crippen LogP contribution in [0.3, 0.4) is 0 Å². The third-order valence-electron chi connectivity index (χ3n) is 5.25. The average Bonchev–Trinajstić information content (AvgIpc) is 3.05. The minimum atomic E-state index is -0.358. The monoisotopic (exact) mass is 353 g/mol. The van der Waals surface area contributed by atoms with Crippen molar-refractivity contribution in [3.8, 4) is 0 Å². The van der Waals surface area contributed by atoms with Crippen LogP contribution < -0.4 is 11.2 Å². The zero-order valence-corrected chi connectivity index (χ0v) is 15.2. The molecule has 1 aromatic carbocycles. The van der Waals surface area contributed by atoms with Crippen molar-refractivity contribution < 1.29 is 0 Å². The van der Waals surface area contributed by atoms with Crippen molar-refractivity contribution in [2.75, 3.05) is 13.1 Å². The molecule has 0 saturated heterocycles. The lowest BCUT2D eigenvalue weighted by Gasteiger charge is -2.24. The molecule has 26 heavy (non-hydrogen) atoms. The van der Waals surface area contributed by atoms with E-state index in [1.165, 1.54) is 22.7 Å². The number of nitrogens with one attached hydrogen (secondary N) is 1. The number of hydrogen-bond acceptors (Lipinski definition) is 4. The summed E-state index contributed by atoms with van der Waals surface area (Å²) in [5.41, 5.74) is 2.99. The summed E-state index contributed by atoms with van der Waals surface area (Å²) in [6.07, 6.45) is 3.19. The van der Waals surface area contributed by atoms with Crippen LogP contribution in [0, 0.1) is 0 Å². The number of hydrogen-bond donors (Lipinski definition) is 1. The van der Waals surface area contributed by atoms with Gasteiger partial charge in [-0.15, -0.1) is 0 Å². The molecule has 7 nitrogen and oxygen atoms in total. The first-order chi connectivity index (χ1) is 12.5. The summed E-state index contributed by atoms with van der Waals surface area (Å²) in [7, 11) is 3.13. The van der Waals surface area contributed by atoms with Crippen LogP contribution in [-0.4, -0.2) is 37.1 Å². The molecule has 1 N–H and O–H groups in total. The molecule has 0 unspecified atom stereocenters. The molecule has 2 aromatic heterocycles. The number of rotatable bonds is 2. The molecule has 136 valence electrons. The van der Waals surface area contributed by atoms with Gasteiger partial charge in [0.2, 0.25) is 0 Å². The summed E-state index contributed by atoms with van der Waals surface area (Å²) in [6.45, 7) is 2.58. The van der Waals surface area contributed by atoms with Gasteiger partial charge in [-0.1, -0.05) is 24.3 Å². The molecule has 0 fully saturated rings. The van der Waals surface area contributed by atoms with E-state index in [0.717, 1.165) is 42.7 Å². The van der Waals surface area contributed by atoms with Gasteiger partial charge in [-0.3, -0.25) is 18.8 Å². The SMILES string of the molecule is Cn1c(=O)c2[nH]c(CN3CCCc4ccccc4CC3)nc2n(C)c1=O. The van der Waals surface area contributed by atoms with E-state index >= 15 is 0 Å². The molecule has 4 rings (SSSR count). The van der Waals surface area contributed by atoms with Gasteiger partial charge in [0.05, 0.1) is 6.54 Å². The Labute approximate surface area is 150 Å². The minimum Gasteiger partial charge on any atom is -0.335 e. The number of benzene rings is 1. The summed E-state index contributed by atoms with van der Waals surface area (Å²) < 4.78 is 2.53. The van der Waals surface area contributed by atoms with Gasteiger partial charge in [0, 0.05) is 20.6 Å². The lowest BCUT2D eigenvalue weighted by molar-refractivity contribution is 0.255. The molecule has 0 bridgehead atoms. The molecule has 0 aliphatic carbocycles. The molecule has 1 aliphatic heterocycles. The van der Waals surface area contributed by atoms with Gasteiger partial charge in [-0.2, -0.15) is 0 Å². The summed E-state index contributed by atoms with van der Waals surface area (Å²) in [5.74, 6) is 0.729. The second-order valence-corrected chi connectivity index (χ2v) is 6.99. The van der Waals surface area contributed by atoms with Crippen LogP contribution in [0.15, 0.2) is 33.9 Å². The van der Waals surface area contributed by atoms with E-state index in [1.54, 1.807) is 7.05 Å². The zero-order valence-electron chi connectivity index (χ0n) is 15.2. The standard InChI is InChI=1S/C19H23N5O2/c1-22-17-16(18(25)23(2)19(22)26)20-15(21-17)12-24-10-5-8-13-6-3-4-7-14(13)9-11-24/h3-4,6-7H,5,8-12H2,1-2H3,(H,20,21). The van der Waals surface area contributed by atoms with E-state index < -0.39 is 0 Å². The van der Waals surface area contributed by atoms with Gasteiger partial charge in [0.15, 0.2) is 5.65 Å². The van der Waals surface area contributed by atoms with Crippen LogP contribution in [0.4, 0.5) is 0 Å². The van der Waals surface area contributed by atoms with Gasteiger partial charge in [-0.05, 0) is 36.9 Å². The fourth-order valence-corrected chi connectivity index (χ4v) is 3.75. The normalized spacial score (nSPS) is 15.6. The van der Waals surface area contributed by atoms with Crippen LogP contribution in [0.5, 0.6) is 0 Å². The second-order valence-electron chi connectivity index (χ2n) is 6.99. The highest BCUT2D eigenvalue weighted by Gasteiger charge is 2.17. The molecule has 7 heteroatoms. The Morgan fingerprint density at radius 3 is 2.54 bits per heavy atom. The van der Waals surface area contributed by atoms with Gasteiger partial charge in [0.25, 0.3) is 5.56 Å². The fourth-order valence-electron chi connectivity index (χ4n) is 3.75. The van der Waals surface area contributed by atoms with Crippen molar-refractivity contribution in [1.82, 2.24) is 24.0 Å². The van der Waals surface area contributed by atoms with Gasteiger partial charge < -0.3 is 4.98 Å². The number of aromatic nitrogens is 4. The maximum absolute atomic E-state index is 12.3. The Balaban J connectivity index is 1.60. The molecule has 0 spiro atoms. The lowest BCUT2D eigenvalue weighted by Crippen LogP contribution is -2.36. The molecule has 0 saturated carbocycles. The van der Waals surface area contributed by atoms with Crippen LogP contribution >= 0.6 is 0 Å². The third kappa shape index (κ3) is 2.88. The molecule has 3 aromatic rings. The minimum absolute atomic E-state index is 0.330.